The molecule has 0 N–H and O–H groups in total. The Morgan fingerprint density at radius 3 is 2.61 bits per heavy atom. The molecule has 1 saturated heterocycles. The number of amides is 1. The first kappa shape index (κ1) is 21.1. The fourth-order valence-electron chi connectivity index (χ4n) is 4.01. The van der Waals surface area contributed by atoms with E-state index in [1.54, 1.807) is 0 Å². The number of ether oxygens (including phenoxy) is 1. The molecule has 0 radical (unpaired) electrons. The van der Waals surface area contributed by atoms with Gasteiger partial charge in [-0.2, -0.15) is 4.98 Å². The Morgan fingerprint density at radius 1 is 1.16 bits per heavy atom. The van der Waals surface area contributed by atoms with E-state index in [0.717, 1.165) is 30.7 Å². The summed E-state index contributed by atoms with van der Waals surface area (Å²) in [4.78, 5) is 19.6. The van der Waals surface area contributed by atoms with Gasteiger partial charge in [0.25, 0.3) is 11.8 Å². The zero-order valence-corrected chi connectivity index (χ0v) is 18.4. The minimum atomic E-state index is -0.347. The number of benzene rings is 2. The van der Waals surface area contributed by atoms with Crippen molar-refractivity contribution in [3.63, 3.8) is 0 Å². The third-order valence-corrected chi connectivity index (χ3v) is 5.92. The van der Waals surface area contributed by atoms with Crippen LogP contribution in [-0.4, -0.2) is 34.0 Å². The molecule has 6 heteroatoms. The van der Waals surface area contributed by atoms with Crippen LogP contribution in [0.3, 0.4) is 0 Å². The zero-order valence-electron chi connectivity index (χ0n) is 18.4. The van der Waals surface area contributed by atoms with Crippen LogP contribution in [0, 0.1) is 0 Å². The van der Waals surface area contributed by atoms with Crippen LogP contribution >= 0.6 is 0 Å². The van der Waals surface area contributed by atoms with E-state index in [4.69, 9.17) is 9.26 Å². The lowest BCUT2D eigenvalue weighted by molar-refractivity contribution is 0.0642. The summed E-state index contributed by atoms with van der Waals surface area (Å²) in [7, 11) is 0. The van der Waals surface area contributed by atoms with Gasteiger partial charge >= 0.3 is 0 Å². The summed E-state index contributed by atoms with van der Waals surface area (Å²) in [5, 5.41) is 4.22. The van der Waals surface area contributed by atoms with E-state index < -0.39 is 0 Å². The van der Waals surface area contributed by atoms with E-state index in [1.165, 1.54) is 5.56 Å². The highest BCUT2D eigenvalue weighted by atomic mass is 16.5. The minimum absolute atomic E-state index is 0.0531. The van der Waals surface area contributed by atoms with Crippen molar-refractivity contribution in [1.29, 1.82) is 0 Å². The average Bonchev–Trinajstić information content (AvgIpc) is 3.28. The Balaban J connectivity index is 1.43. The highest BCUT2D eigenvalue weighted by Crippen LogP contribution is 2.33. The number of rotatable bonds is 6. The monoisotopic (exact) mass is 419 g/mol. The van der Waals surface area contributed by atoms with Crippen LogP contribution in [-0.2, 0) is 12.0 Å². The number of carbonyl (C=O) groups excluding carboxylic acids is 1. The Morgan fingerprint density at radius 2 is 1.90 bits per heavy atom. The number of carbonyl (C=O) groups is 1. The lowest BCUT2D eigenvalue weighted by atomic mass is 9.81. The molecule has 6 nitrogen and oxygen atoms in total. The van der Waals surface area contributed by atoms with Gasteiger partial charge in [0.15, 0.2) is 12.4 Å². The maximum atomic E-state index is 13.1. The fraction of sp³-hybridized carbons (Fsp3) is 0.400. The molecule has 162 valence electrons. The van der Waals surface area contributed by atoms with Crippen molar-refractivity contribution in [3.05, 3.63) is 77.4 Å². The predicted octanol–water partition coefficient (Wildman–Crippen LogP) is 4.97. The van der Waals surface area contributed by atoms with Gasteiger partial charge in [-0.15, -0.1) is 0 Å². The average molecular weight is 420 g/mol. The van der Waals surface area contributed by atoms with Crippen molar-refractivity contribution in [2.24, 2.45) is 0 Å². The highest BCUT2D eigenvalue weighted by molar-refractivity contribution is 5.94. The van der Waals surface area contributed by atoms with E-state index in [1.807, 2.05) is 59.5 Å². The second-order valence-electron chi connectivity index (χ2n) is 8.78. The van der Waals surface area contributed by atoms with Gasteiger partial charge in [0.2, 0.25) is 0 Å². The molecular formula is C25H29N3O3. The molecule has 0 saturated carbocycles. The summed E-state index contributed by atoms with van der Waals surface area (Å²) in [5.74, 6) is 2.32. The van der Waals surface area contributed by atoms with Gasteiger partial charge in [0, 0.05) is 24.1 Å². The van der Waals surface area contributed by atoms with Gasteiger partial charge in [-0.25, -0.2) is 0 Å². The molecule has 2 heterocycles. The molecule has 3 aromatic rings. The number of piperidine rings is 1. The van der Waals surface area contributed by atoms with E-state index in [0.29, 0.717) is 24.2 Å². The topological polar surface area (TPSA) is 68.5 Å². The van der Waals surface area contributed by atoms with E-state index in [9.17, 15) is 4.79 Å². The molecular weight excluding hydrogens is 390 g/mol. The second kappa shape index (κ2) is 8.92. The van der Waals surface area contributed by atoms with Crippen molar-refractivity contribution >= 4 is 5.91 Å². The van der Waals surface area contributed by atoms with E-state index in [2.05, 4.69) is 30.9 Å². The number of likely N-dealkylation sites (tertiary alicyclic amines) is 1. The standard InChI is InChI=1S/C25H29N3O3/c1-18(2)19-10-12-20(13-11-19)23(29)28-15-7-14-25(3,17-28)24-26-22(31-27-24)16-30-21-8-5-4-6-9-21/h4-6,8-13,18H,7,14-17H2,1-3H3. The molecule has 1 unspecified atom stereocenters. The van der Waals surface area contributed by atoms with Crippen LogP contribution in [0.1, 0.15) is 67.2 Å². The maximum Gasteiger partial charge on any atom is 0.264 e. The third kappa shape index (κ3) is 4.79. The van der Waals surface area contributed by atoms with Gasteiger partial charge < -0.3 is 14.2 Å². The lowest BCUT2D eigenvalue weighted by Gasteiger charge is -2.38. The number of hydrogen-bond acceptors (Lipinski definition) is 5. The second-order valence-corrected chi connectivity index (χ2v) is 8.78. The normalized spacial score (nSPS) is 18.9. The Kier molecular flexibility index (Phi) is 6.07. The molecule has 1 atom stereocenters. The summed E-state index contributed by atoms with van der Waals surface area (Å²) in [6.07, 6.45) is 1.80. The van der Waals surface area contributed by atoms with Crippen LogP contribution < -0.4 is 4.74 Å². The molecule has 1 aliphatic rings. The van der Waals surface area contributed by atoms with Gasteiger partial charge in [-0.3, -0.25) is 4.79 Å². The first-order valence-corrected chi connectivity index (χ1v) is 10.8. The summed E-state index contributed by atoms with van der Waals surface area (Å²) in [6, 6.07) is 17.5. The Labute approximate surface area is 183 Å². The SMILES string of the molecule is CC(C)c1ccc(C(=O)N2CCCC(C)(c3noc(COc4ccccc4)n3)C2)cc1. The van der Waals surface area contributed by atoms with Crippen LogP contribution in [0.4, 0.5) is 0 Å². The Bertz CT molecular complexity index is 1010. The Hall–Kier alpha value is -3.15. The first-order valence-electron chi connectivity index (χ1n) is 10.8. The number of para-hydroxylation sites is 1. The van der Waals surface area contributed by atoms with E-state index >= 15 is 0 Å². The summed E-state index contributed by atoms with van der Waals surface area (Å²) in [6.45, 7) is 7.92. The summed E-state index contributed by atoms with van der Waals surface area (Å²) in [5.41, 5.74) is 1.61. The molecule has 0 aliphatic carbocycles. The van der Waals surface area contributed by atoms with Crippen LogP contribution in [0.2, 0.25) is 0 Å². The molecule has 31 heavy (non-hydrogen) atoms. The molecule has 2 aromatic carbocycles. The first-order chi connectivity index (χ1) is 14.9. The maximum absolute atomic E-state index is 13.1. The van der Waals surface area contributed by atoms with Gasteiger partial charge in [0.05, 0.1) is 0 Å². The number of hydrogen-bond donors (Lipinski definition) is 0. The van der Waals surface area contributed by atoms with Crippen molar-refractivity contribution in [3.8, 4) is 5.75 Å². The van der Waals surface area contributed by atoms with Crippen LogP contribution in [0.15, 0.2) is 59.1 Å². The number of aromatic nitrogens is 2. The fourth-order valence-corrected chi connectivity index (χ4v) is 4.01. The van der Waals surface area contributed by atoms with Crippen LogP contribution in [0.5, 0.6) is 5.75 Å². The van der Waals surface area contributed by atoms with Crippen molar-refractivity contribution in [2.45, 2.75) is 51.6 Å². The summed E-state index contributed by atoms with van der Waals surface area (Å²) < 4.78 is 11.1. The molecule has 0 spiro atoms. The molecule has 1 fully saturated rings. The smallest absolute Gasteiger partial charge is 0.264 e. The van der Waals surface area contributed by atoms with Gasteiger partial charge in [-0.05, 0) is 48.6 Å². The minimum Gasteiger partial charge on any atom is -0.484 e. The molecule has 0 bridgehead atoms. The molecule has 1 aliphatic heterocycles. The molecule has 1 aromatic heterocycles. The van der Waals surface area contributed by atoms with Crippen molar-refractivity contribution in [1.82, 2.24) is 15.0 Å². The predicted molar refractivity (Wildman–Crippen MR) is 118 cm³/mol. The van der Waals surface area contributed by atoms with Crippen LogP contribution in [0.25, 0.3) is 0 Å². The summed E-state index contributed by atoms with van der Waals surface area (Å²) >= 11 is 0. The zero-order chi connectivity index (χ0) is 21.8. The van der Waals surface area contributed by atoms with E-state index in [-0.39, 0.29) is 17.9 Å². The van der Waals surface area contributed by atoms with Crippen molar-refractivity contribution < 1.29 is 14.1 Å². The van der Waals surface area contributed by atoms with Crippen molar-refractivity contribution in [2.75, 3.05) is 13.1 Å². The van der Waals surface area contributed by atoms with Gasteiger partial charge in [0.1, 0.15) is 5.75 Å². The third-order valence-electron chi connectivity index (χ3n) is 5.92. The lowest BCUT2D eigenvalue weighted by Crippen LogP contribution is -2.47. The molecule has 1 amide bonds. The highest BCUT2D eigenvalue weighted by Gasteiger charge is 2.38. The largest absolute Gasteiger partial charge is 0.484 e. The van der Waals surface area contributed by atoms with Gasteiger partial charge in [-0.1, -0.05) is 56.3 Å². The quantitative estimate of drug-likeness (QED) is 0.564. The molecule has 4 rings (SSSR count). The number of nitrogens with zero attached hydrogens (tertiary/aromatic N) is 3.